The molecule has 0 aromatic heterocycles. The summed E-state index contributed by atoms with van der Waals surface area (Å²) in [4.78, 5) is 35.3. The van der Waals surface area contributed by atoms with Crippen LogP contribution in [0.2, 0.25) is 0 Å². The number of halogens is 2. The minimum absolute atomic E-state index is 0.0361. The molecule has 0 bridgehead atoms. The zero-order valence-corrected chi connectivity index (χ0v) is 14.1. The molecule has 0 unspecified atom stereocenters. The maximum Gasteiger partial charge on any atom is 0.269 e. The lowest BCUT2D eigenvalue weighted by atomic mass is 10.1. The lowest BCUT2D eigenvalue weighted by molar-refractivity contribution is -0.121. The fourth-order valence-corrected chi connectivity index (χ4v) is 2.13. The molecular formula is C17H14BrFN2O3. The monoisotopic (exact) mass is 392 g/mol. The molecule has 0 radical (unpaired) electrons. The van der Waals surface area contributed by atoms with Crippen LogP contribution in [0.25, 0.3) is 0 Å². The molecular weight excluding hydrogens is 379 g/mol. The quantitative estimate of drug-likeness (QED) is 0.606. The largest absolute Gasteiger partial charge is 0.294 e. The third kappa shape index (κ3) is 5.27. The van der Waals surface area contributed by atoms with Gasteiger partial charge in [-0.1, -0.05) is 15.9 Å². The molecule has 24 heavy (non-hydrogen) atoms. The minimum Gasteiger partial charge on any atom is -0.294 e. The second-order valence-electron chi connectivity index (χ2n) is 4.94. The van der Waals surface area contributed by atoms with Gasteiger partial charge in [0.2, 0.25) is 5.91 Å². The highest BCUT2D eigenvalue weighted by molar-refractivity contribution is 9.10. The van der Waals surface area contributed by atoms with Gasteiger partial charge in [-0.25, -0.2) is 4.39 Å². The molecule has 124 valence electrons. The standard InChI is InChI=1S/C17H14BrFN2O3/c18-13-5-1-12(2-6-13)17(24)21-20-16(23)10-9-15(22)11-3-7-14(19)8-4-11/h1-8H,9-10H2,(H,20,23)(H,21,24). The predicted octanol–water partition coefficient (Wildman–Crippen LogP) is 3.01. The lowest BCUT2D eigenvalue weighted by Crippen LogP contribution is -2.41. The second kappa shape index (κ2) is 8.35. The molecule has 2 aromatic carbocycles. The van der Waals surface area contributed by atoms with E-state index in [4.69, 9.17) is 0 Å². The average molecular weight is 393 g/mol. The van der Waals surface area contributed by atoms with Crippen LogP contribution >= 0.6 is 15.9 Å². The van der Waals surface area contributed by atoms with Crippen molar-refractivity contribution < 1.29 is 18.8 Å². The maximum absolute atomic E-state index is 12.8. The Hall–Kier alpha value is -2.54. The molecule has 5 nitrogen and oxygen atoms in total. The topological polar surface area (TPSA) is 75.3 Å². The van der Waals surface area contributed by atoms with Crippen molar-refractivity contribution in [1.29, 1.82) is 0 Å². The lowest BCUT2D eigenvalue weighted by Gasteiger charge is -2.07. The molecule has 0 spiro atoms. The summed E-state index contributed by atoms with van der Waals surface area (Å²) in [5.74, 6) is -1.65. The summed E-state index contributed by atoms with van der Waals surface area (Å²) in [5, 5.41) is 0. The normalized spacial score (nSPS) is 10.1. The predicted molar refractivity (Wildman–Crippen MR) is 89.7 cm³/mol. The van der Waals surface area contributed by atoms with Gasteiger partial charge in [0.1, 0.15) is 5.82 Å². The van der Waals surface area contributed by atoms with E-state index < -0.39 is 17.6 Å². The van der Waals surface area contributed by atoms with Gasteiger partial charge in [-0.3, -0.25) is 25.2 Å². The smallest absolute Gasteiger partial charge is 0.269 e. The van der Waals surface area contributed by atoms with E-state index in [9.17, 15) is 18.8 Å². The molecule has 0 fully saturated rings. The van der Waals surface area contributed by atoms with Crippen molar-refractivity contribution in [2.24, 2.45) is 0 Å². The number of Topliss-reactive ketones (excluding diaryl/α,β-unsaturated/α-hetero) is 1. The van der Waals surface area contributed by atoms with Crippen LogP contribution < -0.4 is 10.9 Å². The summed E-state index contributed by atoms with van der Waals surface area (Å²) in [5.41, 5.74) is 5.25. The first-order chi connectivity index (χ1) is 11.5. The van der Waals surface area contributed by atoms with E-state index in [1.165, 1.54) is 24.3 Å². The van der Waals surface area contributed by atoms with E-state index in [1.807, 2.05) is 0 Å². The molecule has 0 aliphatic carbocycles. The summed E-state index contributed by atoms with van der Waals surface area (Å²) in [6, 6.07) is 11.7. The highest BCUT2D eigenvalue weighted by atomic mass is 79.9. The van der Waals surface area contributed by atoms with E-state index in [1.54, 1.807) is 24.3 Å². The number of rotatable bonds is 5. The van der Waals surface area contributed by atoms with E-state index in [-0.39, 0.29) is 18.6 Å². The number of ketones is 1. The third-order valence-corrected chi connectivity index (χ3v) is 3.70. The van der Waals surface area contributed by atoms with Gasteiger partial charge in [0, 0.05) is 28.4 Å². The van der Waals surface area contributed by atoms with Crippen molar-refractivity contribution in [2.75, 3.05) is 0 Å². The number of hydrogen-bond acceptors (Lipinski definition) is 3. The van der Waals surface area contributed by atoms with Crippen molar-refractivity contribution in [3.63, 3.8) is 0 Å². The Labute approximate surface area is 146 Å². The Morgan fingerprint density at radius 3 is 2.04 bits per heavy atom. The van der Waals surface area contributed by atoms with E-state index in [0.717, 1.165) is 4.47 Å². The van der Waals surface area contributed by atoms with Crippen LogP contribution in [-0.2, 0) is 4.79 Å². The van der Waals surface area contributed by atoms with Gasteiger partial charge in [0.05, 0.1) is 0 Å². The van der Waals surface area contributed by atoms with Crippen LogP contribution in [0, 0.1) is 5.82 Å². The molecule has 0 atom stereocenters. The zero-order valence-electron chi connectivity index (χ0n) is 12.5. The summed E-state index contributed by atoms with van der Waals surface area (Å²) in [6.07, 6.45) is -0.123. The number of benzene rings is 2. The number of carbonyl (C=O) groups excluding carboxylic acids is 3. The second-order valence-corrected chi connectivity index (χ2v) is 5.85. The van der Waals surface area contributed by atoms with Gasteiger partial charge in [-0.2, -0.15) is 0 Å². The number of hydrogen-bond donors (Lipinski definition) is 2. The average Bonchev–Trinajstić information content (AvgIpc) is 2.58. The van der Waals surface area contributed by atoms with E-state index in [0.29, 0.717) is 11.1 Å². The van der Waals surface area contributed by atoms with Crippen molar-refractivity contribution in [1.82, 2.24) is 10.9 Å². The molecule has 0 aliphatic heterocycles. The highest BCUT2D eigenvalue weighted by Gasteiger charge is 2.11. The summed E-state index contributed by atoms with van der Waals surface area (Å²) in [7, 11) is 0. The van der Waals surface area contributed by atoms with Crippen LogP contribution in [0.4, 0.5) is 4.39 Å². The molecule has 2 amide bonds. The Bertz CT molecular complexity index is 682. The molecule has 2 N–H and O–H groups in total. The molecule has 0 saturated carbocycles. The van der Waals surface area contributed by atoms with Crippen LogP contribution in [0.15, 0.2) is 53.0 Å². The molecule has 7 heteroatoms. The molecule has 2 rings (SSSR count). The summed E-state index contributed by atoms with van der Waals surface area (Å²) < 4.78 is 13.6. The minimum atomic E-state index is -0.490. The molecule has 0 aliphatic rings. The van der Waals surface area contributed by atoms with Gasteiger partial charge in [0.15, 0.2) is 5.78 Å². The third-order valence-electron chi connectivity index (χ3n) is 3.17. The van der Waals surface area contributed by atoms with Gasteiger partial charge in [-0.15, -0.1) is 0 Å². The fraction of sp³-hybridized carbons (Fsp3) is 0.118. The van der Waals surface area contributed by atoms with Crippen LogP contribution in [0.5, 0.6) is 0 Å². The zero-order chi connectivity index (χ0) is 17.5. The number of hydrazine groups is 1. The fourth-order valence-electron chi connectivity index (χ4n) is 1.87. The molecule has 0 saturated heterocycles. The van der Waals surface area contributed by atoms with Crippen molar-refractivity contribution in [2.45, 2.75) is 12.8 Å². The Balaban J connectivity index is 1.77. The number of amides is 2. The summed E-state index contributed by atoms with van der Waals surface area (Å²) in [6.45, 7) is 0. The van der Waals surface area contributed by atoms with Crippen LogP contribution in [-0.4, -0.2) is 17.6 Å². The van der Waals surface area contributed by atoms with Crippen molar-refractivity contribution in [3.8, 4) is 0 Å². The Kier molecular flexibility index (Phi) is 6.20. The summed E-state index contributed by atoms with van der Waals surface area (Å²) >= 11 is 3.26. The molecule has 0 heterocycles. The van der Waals surface area contributed by atoms with Gasteiger partial charge in [0.25, 0.3) is 5.91 Å². The SMILES string of the molecule is O=C(CCC(=O)c1ccc(F)cc1)NNC(=O)c1ccc(Br)cc1. The number of carbonyl (C=O) groups is 3. The van der Waals surface area contributed by atoms with Crippen LogP contribution in [0.3, 0.4) is 0 Å². The van der Waals surface area contributed by atoms with E-state index in [2.05, 4.69) is 26.8 Å². The van der Waals surface area contributed by atoms with Gasteiger partial charge >= 0.3 is 0 Å². The van der Waals surface area contributed by atoms with Crippen molar-refractivity contribution in [3.05, 3.63) is 69.9 Å². The molecule has 2 aromatic rings. The van der Waals surface area contributed by atoms with Crippen molar-refractivity contribution >= 4 is 33.5 Å². The first-order valence-corrected chi connectivity index (χ1v) is 7.88. The maximum atomic E-state index is 12.8. The van der Waals surface area contributed by atoms with Gasteiger partial charge in [-0.05, 0) is 48.5 Å². The van der Waals surface area contributed by atoms with Gasteiger partial charge < -0.3 is 0 Å². The first kappa shape index (κ1) is 17.8. The Morgan fingerprint density at radius 2 is 1.42 bits per heavy atom. The van der Waals surface area contributed by atoms with E-state index >= 15 is 0 Å². The highest BCUT2D eigenvalue weighted by Crippen LogP contribution is 2.10. The number of nitrogens with one attached hydrogen (secondary N) is 2. The Morgan fingerprint density at radius 1 is 0.833 bits per heavy atom. The van der Waals surface area contributed by atoms with Crippen LogP contribution in [0.1, 0.15) is 33.6 Å². The first-order valence-electron chi connectivity index (χ1n) is 7.09.